The average molecular weight is 471 g/mol. The van der Waals surface area contributed by atoms with Crippen molar-refractivity contribution in [3.05, 3.63) is 48.0 Å². The van der Waals surface area contributed by atoms with E-state index >= 15 is 0 Å². The minimum absolute atomic E-state index is 0.0601. The summed E-state index contributed by atoms with van der Waals surface area (Å²) in [6, 6.07) is 12.6. The number of thiazole rings is 1. The van der Waals surface area contributed by atoms with E-state index in [0.29, 0.717) is 49.1 Å². The van der Waals surface area contributed by atoms with Crippen LogP contribution in [0.25, 0.3) is 10.2 Å². The van der Waals surface area contributed by atoms with Gasteiger partial charge in [-0.3, -0.25) is 4.79 Å². The molecular formula is C22H22N4O4S2. The van der Waals surface area contributed by atoms with Gasteiger partial charge in [-0.1, -0.05) is 23.5 Å². The summed E-state index contributed by atoms with van der Waals surface area (Å²) >= 11 is 1.42. The molecule has 3 heterocycles. The summed E-state index contributed by atoms with van der Waals surface area (Å²) in [6.07, 6.45) is 1.24. The Labute approximate surface area is 190 Å². The predicted octanol–water partition coefficient (Wildman–Crippen LogP) is 3.49. The molecule has 2 aliphatic rings. The van der Waals surface area contributed by atoms with Gasteiger partial charge in [0, 0.05) is 24.6 Å². The van der Waals surface area contributed by atoms with Gasteiger partial charge in [0.05, 0.1) is 16.8 Å². The standard InChI is InChI=1S/C22H22N4O4S2/c1-2-30-15-7-8-17-18(13-15)31-22(23-17)24-21(27)14-9-11-26(12-10-14)20-16-5-3-4-6-19(16)32(28,29)25-20/h3-8,13-14H,2,9-12H2,1H3,(H,23,24,27). The Morgan fingerprint density at radius 1 is 1.22 bits per heavy atom. The van der Waals surface area contributed by atoms with Gasteiger partial charge in [-0.05, 0) is 50.1 Å². The highest BCUT2D eigenvalue weighted by Gasteiger charge is 2.34. The van der Waals surface area contributed by atoms with Crippen molar-refractivity contribution in [1.29, 1.82) is 0 Å². The van der Waals surface area contributed by atoms with E-state index in [-0.39, 0.29) is 16.7 Å². The zero-order valence-electron chi connectivity index (χ0n) is 17.4. The van der Waals surface area contributed by atoms with Crippen LogP contribution in [0.3, 0.4) is 0 Å². The van der Waals surface area contributed by atoms with Gasteiger partial charge in [0.15, 0.2) is 11.0 Å². The molecule has 166 valence electrons. The zero-order valence-corrected chi connectivity index (χ0v) is 19.1. The van der Waals surface area contributed by atoms with Crippen molar-refractivity contribution in [2.45, 2.75) is 24.7 Å². The van der Waals surface area contributed by atoms with E-state index in [1.54, 1.807) is 18.2 Å². The molecule has 8 nitrogen and oxygen atoms in total. The van der Waals surface area contributed by atoms with E-state index in [2.05, 4.69) is 14.7 Å². The van der Waals surface area contributed by atoms with Crippen LogP contribution in [0, 0.1) is 5.92 Å². The Hall–Kier alpha value is -2.98. The molecule has 1 fully saturated rings. The maximum atomic E-state index is 12.8. The summed E-state index contributed by atoms with van der Waals surface area (Å²) in [6.45, 7) is 3.66. The van der Waals surface area contributed by atoms with Gasteiger partial charge in [-0.25, -0.2) is 4.98 Å². The first kappa shape index (κ1) is 20.9. The highest BCUT2D eigenvalue weighted by Crippen LogP contribution is 2.32. The number of carbonyl (C=O) groups excluding carboxylic acids is 1. The fourth-order valence-electron chi connectivity index (χ4n) is 4.09. The number of piperidine rings is 1. The van der Waals surface area contributed by atoms with E-state index < -0.39 is 10.0 Å². The number of amides is 1. The van der Waals surface area contributed by atoms with E-state index in [9.17, 15) is 13.2 Å². The molecule has 0 radical (unpaired) electrons. The van der Waals surface area contributed by atoms with Crippen molar-refractivity contribution in [2.75, 3.05) is 25.0 Å². The maximum absolute atomic E-state index is 12.8. The van der Waals surface area contributed by atoms with Crippen molar-refractivity contribution in [1.82, 2.24) is 9.88 Å². The van der Waals surface area contributed by atoms with Crippen LogP contribution in [0.4, 0.5) is 5.13 Å². The Morgan fingerprint density at radius 3 is 2.78 bits per heavy atom. The van der Waals surface area contributed by atoms with Crippen LogP contribution in [-0.2, 0) is 14.8 Å². The number of sulfonamides is 1. The number of hydrogen-bond acceptors (Lipinski definition) is 7. The Bertz CT molecular complexity index is 1320. The van der Waals surface area contributed by atoms with Crippen LogP contribution in [-0.4, -0.2) is 49.7 Å². The number of benzene rings is 2. The molecule has 0 bridgehead atoms. The molecule has 1 amide bonds. The number of hydrogen-bond donors (Lipinski definition) is 1. The number of amidine groups is 1. The van der Waals surface area contributed by atoms with E-state index in [0.717, 1.165) is 16.0 Å². The van der Waals surface area contributed by atoms with E-state index in [1.165, 1.54) is 11.3 Å². The molecule has 1 aromatic heterocycles. The van der Waals surface area contributed by atoms with Crippen LogP contribution in [0.5, 0.6) is 5.75 Å². The zero-order chi connectivity index (χ0) is 22.3. The third kappa shape index (κ3) is 3.84. The largest absolute Gasteiger partial charge is 0.494 e. The third-order valence-electron chi connectivity index (χ3n) is 5.68. The second-order valence-corrected chi connectivity index (χ2v) is 10.3. The van der Waals surface area contributed by atoms with Crippen molar-refractivity contribution in [3.8, 4) is 5.75 Å². The van der Waals surface area contributed by atoms with Gasteiger partial charge in [-0.15, -0.1) is 4.40 Å². The summed E-state index contributed by atoms with van der Waals surface area (Å²) in [4.78, 5) is 19.5. The number of aromatic nitrogens is 1. The number of nitrogens with one attached hydrogen (secondary N) is 1. The van der Waals surface area contributed by atoms with Crippen LogP contribution in [0.2, 0.25) is 0 Å². The van der Waals surface area contributed by atoms with Crippen LogP contribution in [0.1, 0.15) is 25.3 Å². The van der Waals surface area contributed by atoms with Crippen molar-refractivity contribution >= 4 is 48.5 Å². The number of nitrogens with zero attached hydrogens (tertiary/aromatic N) is 3. The smallest absolute Gasteiger partial charge is 0.285 e. The van der Waals surface area contributed by atoms with Crippen LogP contribution >= 0.6 is 11.3 Å². The molecule has 1 saturated heterocycles. The molecule has 3 aromatic rings. The Kier molecular flexibility index (Phi) is 5.34. The quantitative estimate of drug-likeness (QED) is 0.626. The molecule has 0 aliphatic carbocycles. The highest BCUT2D eigenvalue weighted by atomic mass is 32.2. The number of rotatable bonds is 4. The molecule has 0 unspecified atom stereocenters. The molecule has 2 aliphatic heterocycles. The van der Waals surface area contributed by atoms with Crippen molar-refractivity contribution in [2.24, 2.45) is 10.3 Å². The summed E-state index contributed by atoms with van der Waals surface area (Å²) in [7, 11) is -3.64. The minimum Gasteiger partial charge on any atom is -0.494 e. The van der Waals surface area contributed by atoms with Gasteiger partial charge in [0.1, 0.15) is 10.6 Å². The first-order valence-electron chi connectivity index (χ1n) is 10.5. The van der Waals surface area contributed by atoms with Crippen molar-refractivity contribution < 1.29 is 17.9 Å². The molecular weight excluding hydrogens is 448 g/mol. The molecule has 0 spiro atoms. The Balaban J connectivity index is 1.24. The van der Waals surface area contributed by atoms with Gasteiger partial charge in [0.25, 0.3) is 10.0 Å². The third-order valence-corrected chi connectivity index (χ3v) is 7.94. The minimum atomic E-state index is -3.64. The summed E-state index contributed by atoms with van der Waals surface area (Å²) in [5.74, 6) is 1.05. The topological polar surface area (TPSA) is 101 Å². The van der Waals surface area contributed by atoms with Gasteiger partial charge in [0.2, 0.25) is 5.91 Å². The lowest BCUT2D eigenvalue weighted by Crippen LogP contribution is -2.41. The fourth-order valence-corrected chi connectivity index (χ4v) is 6.22. The predicted molar refractivity (Wildman–Crippen MR) is 124 cm³/mol. The van der Waals surface area contributed by atoms with E-state index in [4.69, 9.17) is 4.74 Å². The number of anilines is 1. The molecule has 10 heteroatoms. The summed E-state index contributed by atoms with van der Waals surface area (Å²) in [5.41, 5.74) is 1.46. The van der Waals surface area contributed by atoms with Crippen LogP contribution < -0.4 is 10.1 Å². The second-order valence-electron chi connectivity index (χ2n) is 7.72. The van der Waals surface area contributed by atoms with Crippen LogP contribution in [0.15, 0.2) is 51.8 Å². The van der Waals surface area contributed by atoms with Crippen molar-refractivity contribution in [3.63, 3.8) is 0 Å². The SMILES string of the molecule is CCOc1ccc2nc(NC(=O)C3CCN(C4=NS(=O)(=O)c5ccccc54)CC3)sc2c1. The lowest BCUT2D eigenvalue weighted by molar-refractivity contribution is -0.120. The number of carbonyl (C=O) groups is 1. The Morgan fingerprint density at radius 2 is 2.00 bits per heavy atom. The summed E-state index contributed by atoms with van der Waals surface area (Å²) in [5, 5.41) is 3.52. The molecule has 0 atom stereocenters. The molecule has 2 aromatic carbocycles. The summed E-state index contributed by atoms with van der Waals surface area (Å²) < 4.78 is 35.1. The highest BCUT2D eigenvalue weighted by molar-refractivity contribution is 7.90. The maximum Gasteiger partial charge on any atom is 0.285 e. The normalized spacial score (nSPS) is 17.8. The lowest BCUT2D eigenvalue weighted by Gasteiger charge is -2.32. The second kappa shape index (κ2) is 8.18. The van der Waals surface area contributed by atoms with Gasteiger partial charge >= 0.3 is 0 Å². The monoisotopic (exact) mass is 470 g/mol. The molecule has 5 rings (SSSR count). The number of fused-ring (bicyclic) bond motifs is 2. The first-order valence-corrected chi connectivity index (χ1v) is 12.7. The first-order chi connectivity index (χ1) is 15.4. The molecule has 32 heavy (non-hydrogen) atoms. The fraction of sp³-hybridized carbons (Fsp3) is 0.318. The van der Waals surface area contributed by atoms with Gasteiger partial charge < -0.3 is 15.0 Å². The average Bonchev–Trinajstić information content (AvgIpc) is 3.31. The van der Waals surface area contributed by atoms with E-state index in [1.807, 2.05) is 36.1 Å². The lowest BCUT2D eigenvalue weighted by atomic mass is 9.95. The molecule has 0 saturated carbocycles. The molecule has 1 N–H and O–H groups in total. The van der Waals surface area contributed by atoms with Gasteiger partial charge in [-0.2, -0.15) is 8.42 Å². The number of ether oxygens (including phenoxy) is 1. The number of likely N-dealkylation sites (tertiary alicyclic amines) is 1.